The minimum absolute atomic E-state index is 0.0480. The van der Waals surface area contributed by atoms with Crippen LogP contribution in [0.5, 0.6) is 5.75 Å². The van der Waals surface area contributed by atoms with Gasteiger partial charge in [0.25, 0.3) is 8.38 Å². The van der Waals surface area contributed by atoms with Gasteiger partial charge in [-0.1, -0.05) is 0 Å². The molecule has 3 aromatic rings. The number of ether oxygens (including phenoxy) is 1. The molecule has 2 aromatic heterocycles. The fraction of sp³-hybridized carbons (Fsp3) is 0.474. The average Bonchev–Trinajstić information content (AvgIpc) is 3.39. The molecule has 0 aliphatic carbocycles. The van der Waals surface area contributed by atoms with Crippen molar-refractivity contribution in [2.45, 2.75) is 38.5 Å². The zero-order valence-electron chi connectivity index (χ0n) is 17.5. The van der Waals surface area contributed by atoms with E-state index in [2.05, 4.69) is 31.1 Å². The molecule has 1 N–H and O–H groups in total. The van der Waals surface area contributed by atoms with Gasteiger partial charge >= 0.3 is 11.8 Å². The lowest BCUT2D eigenvalue weighted by molar-refractivity contribution is -0.136. The van der Waals surface area contributed by atoms with E-state index in [0.717, 1.165) is 11.3 Å². The number of hydrogen-bond acceptors (Lipinski definition) is 6. The summed E-state index contributed by atoms with van der Waals surface area (Å²) in [6.45, 7) is 3.05. The summed E-state index contributed by atoms with van der Waals surface area (Å²) in [4.78, 5) is 3.74. The number of rotatable bonds is 11. The quantitative estimate of drug-likeness (QED) is 0.145. The fourth-order valence-corrected chi connectivity index (χ4v) is 6.50. The van der Waals surface area contributed by atoms with Crippen LogP contribution in [0.25, 0.3) is 21.5 Å². The number of thiophene rings is 1. The van der Waals surface area contributed by atoms with Gasteiger partial charge in [-0.15, -0.1) is 11.3 Å². The standard InChI is InChI=1S/C19H20BrF5N3O3PS/c1-3-30-32(31-4-2)19(24,25)16-14(20)12-8-11(17-26-10-27-28-17)9-13(15(12)33-16)29-7-5-6-18(21,22)23/h8-10H,3-7H2,1-2H3,(H,26,27,28). The lowest BCUT2D eigenvalue weighted by Crippen LogP contribution is -2.13. The third-order valence-electron chi connectivity index (χ3n) is 4.23. The van der Waals surface area contributed by atoms with Crippen LogP contribution in [-0.4, -0.2) is 41.2 Å². The Kier molecular flexibility index (Phi) is 8.66. The van der Waals surface area contributed by atoms with Gasteiger partial charge < -0.3 is 13.8 Å². The van der Waals surface area contributed by atoms with Gasteiger partial charge in [0.15, 0.2) is 5.82 Å². The topological polar surface area (TPSA) is 69.3 Å². The molecule has 0 amide bonds. The number of benzene rings is 1. The fourth-order valence-electron chi connectivity index (χ4n) is 2.89. The molecular formula is C19H20BrF5N3O3PS. The molecule has 0 fully saturated rings. The smallest absolute Gasteiger partial charge is 0.389 e. The van der Waals surface area contributed by atoms with Crippen LogP contribution in [0.15, 0.2) is 22.9 Å². The first-order valence-corrected chi connectivity index (χ1v) is 12.6. The molecule has 0 saturated carbocycles. The molecule has 1 aromatic carbocycles. The minimum atomic E-state index is -4.31. The van der Waals surface area contributed by atoms with E-state index < -0.39 is 26.6 Å². The zero-order valence-corrected chi connectivity index (χ0v) is 20.8. The predicted molar refractivity (Wildman–Crippen MR) is 120 cm³/mol. The molecule has 182 valence electrons. The first-order chi connectivity index (χ1) is 15.6. The molecule has 0 bridgehead atoms. The Morgan fingerprint density at radius 2 is 1.82 bits per heavy atom. The molecule has 0 unspecified atom stereocenters. The van der Waals surface area contributed by atoms with Crippen molar-refractivity contribution in [3.05, 3.63) is 27.8 Å². The molecule has 0 radical (unpaired) electrons. The molecule has 14 heteroatoms. The highest BCUT2D eigenvalue weighted by atomic mass is 79.9. The normalized spacial score (nSPS) is 12.8. The van der Waals surface area contributed by atoms with Gasteiger partial charge in [0, 0.05) is 21.8 Å². The van der Waals surface area contributed by atoms with Crippen molar-refractivity contribution in [1.29, 1.82) is 0 Å². The van der Waals surface area contributed by atoms with E-state index >= 15 is 8.78 Å². The number of fused-ring (bicyclic) bond motifs is 1. The van der Waals surface area contributed by atoms with E-state index in [-0.39, 0.29) is 47.2 Å². The number of nitrogens with zero attached hydrogens (tertiary/aromatic N) is 2. The summed E-state index contributed by atoms with van der Waals surface area (Å²) in [6, 6.07) is 3.14. The minimum Gasteiger partial charge on any atom is -0.492 e. The highest BCUT2D eigenvalue weighted by Gasteiger charge is 2.48. The summed E-state index contributed by atoms with van der Waals surface area (Å²) < 4.78 is 84.7. The molecular weight excluding hydrogens is 556 g/mol. The van der Waals surface area contributed by atoms with Gasteiger partial charge in [0.2, 0.25) is 0 Å². The monoisotopic (exact) mass is 575 g/mol. The lowest BCUT2D eigenvalue weighted by atomic mass is 10.1. The number of halogens is 6. The number of aromatic amines is 1. The Hall–Kier alpha value is -1.40. The summed E-state index contributed by atoms with van der Waals surface area (Å²) in [5.74, 6) is 0.453. The van der Waals surface area contributed by atoms with Crippen molar-refractivity contribution in [3.8, 4) is 17.1 Å². The van der Waals surface area contributed by atoms with Crippen molar-refractivity contribution in [2.75, 3.05) is 19.8 Å². The maximum absolute atomic E-state index is 15.4. The molecule has 0 aliphatic rings. The van der Waals surface area contributed by atoms with E-state index in [9.17, 15) is 13.2 Å². The van der Waals surface area contributed by atoms with Crippen LogP contribution in [0.4, 0.5) is 22.0 Å². The Morgan fingerprint density at radius 3 is 2.39 bits per heavy atom. The SMILES string of the molecule is CCOP(OCC)C(F)(F)c1sc2c(OCCCC(F)(F)F)cc(-c3nc[nH]n3)cc2c1Br. The van der Waals surface area contributed by atoms with Crippen LogP contribution in [0.1, 0.15) is 31.6 Å². The molecule has 6 nitrogen and oxygen atoms in total. The third kappa shape index (κ3) is 6.19. The van der Waals surface area contributed by atoms with Crippen molar-refractivity contribution in [3.63, 3.8) is 0 Å². The summed E-state index contributed by atoms with van der Waals surface area (Å²) in [6.07, 6.45) is -4.24. The predicted octanol–water partition coefficient (Wildman–Crippen LogP) is 7.60. The first-order valence-electron chi connectivity index (χ1n) is 9.84. The van der Waals surface area contributed by atoms with Crippen LogP contribution >= 0.6 is 35.6 Å². The second-order valence-corrected chi connectivity index (χ2v) is 10.0. The van der Waals surface area contributed by atoms with Gasteiger partial charge in [-0.3, -0.25) is 5.10 Å². The molecule has 2 heterocycles. The van der Waals surface area contributed by atoms with Crippen molar-refractivity contribution in [1.82, 2.24) is 15.2 Å². The number of aromatic nitrogens is 3. The van der Waals surface area contributed by atoms with Crippen molar-refractivity contribution >= 4 is 45.7 Å². The van der Waals surface area contributed by atoms with Gasteiger partial charge in [-0.25, -0.2) is 4.98 Å². The number of H-pyrrole nitrogens is 1. The van der Waals surface area contributed by atoms with Gasteiger partial charge in [0.05, 0.1) is 29.4 Å². The second-order valence-electron chi connectivity index (χ2n) is 6.62. The Bertz CT molecular complexity index is 1060. The first kappa shape index (κ1) is 26.2. The van der Waals surface area contributed by atoms with Gasteiger partial charge in [0.1, 0.15) is 12.1 Å². The summed E-state index contributed by atoms with van der Waals surface area (Å²) >= 11 is 4.05. The summed E-state index contributed by atoms with van der Waals surface area (Å²) in [5, 5.41) is 6.95. The molecule has 0 aliphatic heterocycles. The van der Waals surface area contributed by atoms with Crippen LogP contribution < -0.4 is 4.74 Å². The molecule has 0 saturated heterocycles. The molecule has 0 spiro atoms. The Balaban J connectivity index is 2.05. The molecule has 0 atom stereocenters. The average molecular weight is 576 g/mol. The van der Waals surface area contributed by atoms with Gasteiger partial charge in [-0.2, -0.15) is 27.1 Å². The van der Waals surface area contributed by atoms with E-state index in [0.29, 0.717) is 15.6 Å². The second kappa shape index (κ2) is 10.9. The Morgan fingerprint density at radius 1 is 1.12 bits per heavy atom. The van der Waals surface area contributed by atoms with Crippen LogP contribution in [-0.2, 0) is 14.7 Å². The molecule has 3 rings (SSSR count). The van der Waals surface area contributed by atoms with Crippen molar-refractivity contribution < 1.29 is 35.7 Å². The number of hydrogen-bond donors (Lipinski definition) is 1. The van der Waals surface area contributed by atoms with Crippen LogP contribution in [0.3, 0.4) is 0 Å². The van der Waals surface area contributed by atoms with E-state index in [1.807, 2.05) is 0 Å². The van der Waals surface area contributed by atoms with Gasteiger partial charge in [-0.05, 0) is 48.3 Å². The largest absolute Gasteiger partial charge is 0.492 e. The van der Waals surface area contributed by atoms with Crippen LogP contribution in [0, 0.1) is 0 Å². The lowest BCUT2D eigenvalue weighted by Gasteiger charge is -2.24. The van der Waals surface area contributed by atoms with E-state index in [1.54, 1.807) is 19.9 Å². The van der Waals surface area contributed by atoms with Crippen molar-refractivity contribution in [2.24, 2.45) is 0 Å². The maximum Gasteiger partial charge on any atom is 0.389 e. The van der Waals surface area contributed by atoms with E-state index in [4.69, 9.17) is 13.8 Å². The zero-order chi connectivity index (χ0) is 24.2. The molecule has 33 heavy (non-hydrogen) atoms. The van der Waals surface area contributed by atoms with E-state index in [1.165, 1.54) is 12.4 Å². The third-order valence-corrected chi connectivity index (χ3v) is 8.42. The highest BCUT2D eigenvalue weighted by molar-refractivity contribution is 9.10. The number of nitrogens with one attached hydrogen (secondary N) is 1. The maximum atomic E-state index is 15.4. The summed E-state index contributed by atoms with van der Waals surface area (Å²) in [5.41, 5.74) is -2.98. The van der Waals surface area contributed by atoms with Crippen LogP contribution in [0.2, 0.25) is 0 Å². The highest BCUT2D eigenvalue weighted by Crippen LogP contribution is 2.63. The summed E-state index contributed by atoms with van der Waals surface area (Å²) in [7, 11) is -2.56. The Labute approximate surface area is 199 Å². The number of alkyl halides is 5.